The zero-order valence-electron chi connectivity index (χ0n) is 11.4. The summed E-state index contributed by atoms with van der Waals surface area (Å²) in [5.74, 6) is 0. The Hall–Kier alpha value is -0.990. The first-order valence-corrected chi connectivity index (χ1v) is 5.92. The Labute approximate surface area is 99.5 Å². The molecule has 0 fully saturated rings. The molecule has 0 rings (SSSR count). The van der Waals surface area contributed by atoms with Gasteiger partial charge in [-0.05, 0) is 41.0 Å². The molecule has 3 heteroatoms. The third kappa shape index (κ3) is 6.49. The maximum Gasteiger partial charge on any atom is 0.410 e. The van der Waals surface area contributed by atoms with E-state index >= 15 is 0 Å². The first-order valence-electron chi connectivity index (χ1n) is 5.92. The molecular weight excluding hydrogens is 202 g/mol. The van der Waals surface area contributed by atoms with E-state index in [0.717, 1.165) is 6.42 Å². The maximum atomic E-state index is 11.9. The average Bonchev–Trinajstić information content (AvgIpc) is 2.08. The normalized spacial score (nSPS) is 12.2. The minimum Gasteiger partial charge on any atom is -0.444 e. The van der Waals surface area contributed by atoms with Crippen LogP contribution in [-0.4, -0.2) is 29.2 Å². The van der Waals surface area contributed by atoms with Gasteiger partial charge in [0.25, 0.3) is 0 Å². The molecule has 0 N–H and O–H groups in total. The molecule has 1 amide bonds. The average molecular weight is 227 g/mol. The van der Waals surface area contributed by atoms with Crippen molar-refractivity contribution in [2.24, 2.45) is 0 Å². The SMILES string of the molecule is CCC=CCN(C(=O)OC(C)(C)C)C(C)C. The first kappa shape index (κ1) is 15.0. The van der Waals surface area contributed by atoms with Crippen LogP contribution >= 0.6 is 0 Å². The van der Waals surface area contributed by atoms with Gasteiger partial charge in [0.05, 0.1) is 0 Å². The maximum absolute atomic E-state index is 11.9. The lowest BCUT2D eigenvalue weighted by Gasteiger charge is -2.29. The minimum absolute atomic E-state index is 0.149. The summed E-state index contributed by atoms with van der Waals surface area (Å²) in [6.45, 7) is 12.3. The fourth-order valence-corrected chi connectivity index (χ4v) is 1.17. The van der Waals surface area contributed by atoms with Crippen LogP contribution in [0.4, 0.5) is 4.79 Å². The Morgan fingerprint density at radius 3 is 2.25 bits per heavy atom. The molecule has 3 nitrogen and oxygen atoms in total. The monoisotopic (exact) mass is 227 g/mol. The molecule has 0 saturated heterocycles. The number of nitrogens with zero attached hydrogens (tertiary/aromatic N) is 1. The van der Waals surface area contributed by atoms with E-state index in [0.29, 0.717) is 6.54 Å². The van der Waals surface area contributed by atoms with E-state index in [4.69, 9.17) is 4.74 Å². The van der Waals surface area contributed by atoms with E-state index < -0.39 is 5.60 Å². The van der Waals surface area contributed by atoms with Gasteiger partial charge in [0.1, 0.15) is 5.60 Å². The van der Waals surface area contributed by atoms with E-state index in [-0.39, 0.29) is 12.1 Å². The van der Waals surface area contributed by atoms with Crippen molar-refractivity contribution in [2.45, 2.75) is 59.6 Å². The third-order valence-electron chi connectivity index (χ3n) is 1.96. The van der Waals surface area contributed by atoms with Gasteiger partial charge >= 0.3 is 6.09 Å². The van der Waals surface area contributed by atoms with Crippen LogP contribution in [-0.2, 0) is 4.74 Å². The van der Waals surface area contributed by atoms with E-state index in [1.807, 2.05) is 40.7 Å². The highest BCUT2D eigenvalue weighted by atomic mass is 16.6. The number of hydrogen-bond acceptors (Lipinski definition) is 2. The Morgan fingerprint density at radius 1 is 1.31 bits per heavy atom. The highest BCUT2D eigenvalue weighted by molar-refractivity contribution is 5.68. The number of amides is 1. The Morgan fingerprint density at radius 2 is 1.88 bits per heavy atom. The lowest BCUT2D eigenvalue weighted by molar-refractivity contribution is 0.0217. The molecule has 0 aromatic carbocycles. The second kappa shape index (κ2) is 6.56. The smallest absolute Gasteiger partial charge is 0.410 e. The van der Waals surface area contributed by atoms with Crippen LogP contribution in [0, 0.1) is 0 Å². The lowest BCUT2D eigenvalue weighted by atomic mass is 10.2. The molecule has 0 aliphatic carbocycles. The molecule has 0 bridgehead atoms. The number of carbonyl (C=O) groups is 1. The molecule has 0 radical (unpaired) electrons. The van der Waals surface area contributed by atoms with E-state index in [1.165, 1.54) is 0 Å². The fraction of sp³-hybridized carbons (Fsp3) is 0.769. The molecule has 0 aromatic rings. The van der Waals surface area contributed by atoms with Gasteiger partial charge in [-0.25, -0.2) is 4.79 Å². The summed E-state index contributed by atoms with van der Waals surface area (Å²) in [6.07, 6.45) is 4.80. The molecule has 0 aliphatic rings. The fourth-order valence-electron chi connectivity index (χ4n) is 1.17. The number of carbonyl (C=O) groups excluding carboxylic acids is 1. The molecule has 0 atom stereocenters. The molecule has 0 spiro atoms. The molecular formula is C13H25NO2. The van der Waals surface area contributed by atoms with Gasteiger partial charge in [-0.1, -0.05) is 19.1 Å². The van der Waals surface area contributed by atoms with Gasteiger partial charge in [-0.15, -0.1) is 0 Å². The molecule has 0 heterocycles. The number of rotatable bonds is 4. The highest BCUT2D eigenvalue weighted by Crippen LogP contribution is 2.11. The van der Waals surface area contributed by atoms with Crippen molar-refractivity contribution >= 4 is 6.09 Å². The number of ether oxygens (including phenoxy) is 1. The second-order valence-electron chi connectivity index (χ2n) is 5.11. The van der Waals surface area contributed by atoms with Crippen LogP contribution < -0.4 is 0 Å². The second-order valence-corrected chi connectivity index (χ2v) is 5.11. The summed E-state index contributed by atoms with van der Waals surface area (Å²) < 4.78 is 5.34. The van der Waals surface area contributed by atoms with Crippen molar-refractivity contribution in [3.8, 4) is 0 Å². The van der Waals surface area contributed by atoms with Crippen molar-refractivity contribution in [2.75, 3.05) is 6.54 Å². The van der Waals surface area contributed by atoms with Crippen LogP contribution in [0.25, 0.3) is 0 Å². The van der Waals surface area contributed by atoms with Crippen molar-refractivity contribution < 1.29 is 9.53 Å². The Balaban J connectivity index is 4.42. The predicted molar refractivity (Wildman–Crippen MR) is 67.5 cm³/mol. The molecule has 16 heavy (non-hydrogen) atoms. The minimum atomic E-state index is -0.432. The van der Waals surface area contributed by atoms with Gasteiger partial charge in [0.15, 0.2) is 0 Å². The summed E-state index contributed by atoms with van der Waals surface area (Å²) in [7, 11) is 0. The third-order valence-corrected chi connectivity index (χ3v) is 1.96. The van der Waals surface area contributed by atoms with Crippen LogP contribution in [0.2, 0.25) is 0 Å². The largest absolute Gasteiger partial charge is 0.444 e. The summed E-state index contributed by atoms with van der Waals surface area (Å²) in [6, 6.07) is 0.149. The van der Waals surface area contributed by atoms with Gasteiger partial charge < -0.3 is 9.64 Å². The van der Waals surface area contributed by atoms with Crippen LogP contribution in [0.15, 0.2) is 12.2 Å². The van der Waals surface area contributed by atoms with Crippen molar-refractivity contribution in [3.05, 3.63) is 12.2 Å². The quantitative estimate of drug-likeness (QED) is 0.687. The van der Waals surface area contributed by atoms with Gasteiger partial charge in [-0.3, -0.25) is 0 Å². The number of allylic oxidation sites excluding steroid dienone is 1. The Kier molecular flexibility index (Phi) is 6.16. The van der Waals surface area contributed by atoms with Gasteiger partial charge in [0, 0.05) is 12.6 Å². The van der Waals surface area contributed by atoms with Crippen molar-refractivity contribution in [3.63, 3.8) is 0 Å². The van der Waals surface area contributed by atoms with Crippen LogP contribution in [0.1, 0.15) is 48.0 Å². The topological polar surface area (TPSA) is 29.5 Å². The molecule has 0 aliphatic heterocycles. The number of hydrogen-bond donors (Lipinski definition) is 0. The van der Waals surface area contributed by atoms with Crippen molar-refractivity contribution in [1.82, 2.24) is 4.90 Å². The highest BCUT2D eigenvalue weighted by Gasteiger charge is 2.22. The predicted octanol–water partition coefficient (Wildman–Crippen LogP) is 3.60. The molecule has 0 saturated carbocycles. The van der Waals surface area contributed by atoms with Crippen molar-refractivity contribution in [1.29, 1.82) is 0 Å². The zero-order valence-corrected chi connectivity index (χ0v) is 11.4. The lowest BCUT2D eigenvalue weighted by Crippen LogP contribution is -2.41. The van der Waals surface area contributed by atoms with E-state index in [1.54, 1.807) is 4.90 Å². The van der Waals surface area contributed by atoms with Crippen LogP contribution in [0.3, 0.4) is 0 Å². The Bertz CT molecular complexity index is 239. The molecule has 0 unspecified atom stereocenters. The molecule has 0 aromatic heterocycles. The summed E-state index contributed by atoms with van der Waals surface area (Å²) >= 11 is 0. The molecule has 94 valence electrons. The van der Waals surface area contributed by atoms with Gasteiger partial charge in [-0.2, -0.15) is 0 Å². The van der Waals surface area contributed by atoms with Gasteiger partial charge in [0.2, 0.25) is 0 Å². The first-order chi connectivity index (χ1) is 7.28. The zero-order chi connectivity index (χ0) is 12.8. The summed E-state index contributed by atoms with van der Waals surface area (Å²) in [5, 5.41) is 0. The van der Waals surface area contributed by atoms with E-state index in [9.17, 15) is 4.79 Å². The van der Waals surface area contributed by atoms with Crippen LogP contribution in [0.5, 0.6) is 0 Å². The standard InChI is InChI=1S/C13H25NO2/c1-7-8-9-10-14(11(2)3)12(15)16-13(4,5)6/h8-9,11H,7,10H2,1-6H3. The van der Waals surface area contributed by atoms with E-state index in [2.05, 4.69) is 13.0 Å². The summed E-state index contributed by atoms with van der Waals surface area (Å²) in [4.78, 5) is 13.6. The summed E-state index contributed by atoms with van der Waals surface area (Å²) in [5.41, 5.74) is -0.432.